The molecule has 5 heteroatoms. The Balaban J connectivity index is 2.23. The van der Waals surface area contributed by atoms with Crippen LogP contribution in [0.25, 0.3) is 0 Å². The quantitative estimate of drug-likeness (QED) is 0.752. The van der Waals surface area contributed by atoms with Crippen LogP contribution in [-0.4, -0.2) is 27.9 Å². The van der Waals surface area contributed by atoms with Crippen molar-refractivity contribution < 1.29 is 0 Å². The molecular formula is C10H18N4O. The van der Waals surface area contributed by atoms with E-state index in [1.807, 2.05) is 13.8 Å². The van der Waals surface area contributed by atoms with Crippen molar-refractivity contribution in [1.29, 1.82) is 0 Å². The van der Waals surface area contributed by atoms with Crippen molar-refractivity contribution in [2.75, 3.05) is 13.1 Å². The summed E-state index contributed by atoms with van der Waals surface area (Å²) in [5.74, 6) is 1.07. The molecule has 1 saturated heterocycles. The molecule has 2 N–H and O–H groups in total. The van der Waals surface area contributed by atoms with Crippen LogP contribution in [-0.2, 0) is 0 Å². The highest BCUT2D eigenvalue weighted by molar-refractivity contribution is 4.90. The largest absolute Gasteiger partial charge is 0.343 e. The number of H-pyrrole nitrogens is 1. The molecule has 1 aliphatic heterocycles. The predicted molar refractivity (Wildman–Crippen MR) is 58.1 cm³/mol. The third-order valence-corrected chi connectivity index (χ3v) is 2.86. The molecule has 1 fully saturated rings. The van der Waals surface area contributed by atoms with Gasteiger partial charge in [-0.25, -0.2) is 9.48 Å². The fraction of sp³-hybridized carbons (Fsp3) is 0.800. The van der Waals surface area contributed by atoms with Gasteiger partial charge in [-0.05, 0) is 25.9 Å². The van der Waals surface area contributed by atoms with E-state index < -0.39 is 0 Å². The standard InChI is InChI=1S/C10H18N4O/c1-7(2)9-12-10(15)14(13-9)8-3-5-11-6-4-8/h7-8,11H,3-6H2,1-2H3,(H,12,13,15). The first kappa shape index (κ1) is 10.4. The van der Waals surface area contributed by atoms with Gasteiger partial charge in [0.2, 0.25) is 0 Å². The highest BCUT2D eigenvalue weighted by atomic mass is 16.2. The lowest BCUT2D eigenvalue weighted by Gasteiger charge is -2.21. The average Bonchev–Trinajstić information content (AvgIpc) is 2.62. The molecule has 0 amide bonds. The SMILES string of the molecule is CC(C)c1nn(C2CCNCC2)c(=O)[nH]1. The Labute approximate surface area is 88.9 Å². The van der Waals surface area contributed by atoms with Crippen molar-refractivity contribution >= 4 is 0 Å². The van der Waals surface area contributed by atoms with Gasteiger partial charge in [0.15, 0.2) is 0 Å². The van der Waals surface area contributed by atoms with Crippen molar-refractivity contribution in [2.45, 2.75) is 38.6 Å². The zero-order chi connectivity index (χ0) is 10.8. The second-order valence-corrected chi connectivity index (χ2v) is 4.40. The Morgan fingerprint density at radius 2 is 2.07 bits per heavy atom. The Bertz CT molecular complexity index is 373. The smallest absolute Gasteiger partial charge is 0.317 e. The molecule has 15 heavy (non-hydrogen) atoms. The van der Waals surface area contributed by atoms with Gasteiger partial charge in [-0.2, -0.15) is 5.10 Å². The van der Waals surface area contributed by atoms with Crippen LogP contribution in [0.15, 0.2) is 4.79 Å². The monoisotopic (exact) mass is 210 g/mol. The van der Waals surface area contributed by atoms with Crippen LogP contribution in [0.3, 0.4) is 0 Å². The molecule has 0 bridgehead atoms. The average molecular weight is 210 g/mol. The second kappa shape index (κ2) is 4.18. The number of rotatable bonds is 2. The third-order valence-electron chi connectivity index (χ3n) is 2.86. The fourth-order valence-electron chi connectivity index (χ4n) is 1.91. The summed E-state index contributed by atoms with van der Waals surface area (Å²) in [6, 6.07) is 0.266. The Morgan fingerprint density at radius 1 is 1.40 bits per heavy atom. The van der Waals surface area contributed by atoms with Gasteiger partial charge in [-0.1, -0.05) is 13.8 Å². The van der Waals surface area contributed by atoms with Crippen LogP contribution in [0.1, 0.15) is 44.5 Å². The van der Waals surface area contributed by atoms with Crippen LogP contribution in [0.2, 0.25) is 0 Å². The van der Waals surface area contributed by atoms with Gasteiger partial charge in [0, 0.05) is 5.92 Å². The van der Waals surface area contributed by atoms with E-state index in [1.165, 1.54) is 0 Å². The van der Waals surface area contributed by atoms with E-state index in [-0.39, 0.29) is 17.6 Å². The summed E-state index contributed by atoms with van der Waals surface area (Å²) in [4.78, 5) is 14.5. The summed E-state index contributed by atoms with van der Waals surface area (Å²) in [6.45, 7) is 6.01. The maximum absolute atomic E-state index is 11.7. The number of nitrogens with one attached hydrogen (secondary N) is 2. The number of aromatic nitrogens is 3. The lowest BCUT2D eigenvalue weighted by molar-refractivity contribution is 0.334. The summed E-state index contributed by atoms with van der Waals surface area (Å²) < 4.78 is 1.62. The van der Waals surface area contributed by atoms with Gasteiger partial charge in [0.05, 0.1) is 6.04 Å². The highest BCUT2D eigenvalue weighted by Crippen LogP contribution is 2.16. The molecule has 2 heterocycles. The Hall–Kier alpha value is -1.10. The molecule has 1 aromatic heterocycles. The molecule has 1 aliphatic rings. The topological polar surface area (TPSA) is 62.7 Å². The Kier molecular flexibility index (Phi) is 2.90. The van der Waals surface area contributed by atoms with E-state index in [0.29, 0.717) is 0 Å². The van der Waals surface area contributed by atoms with Gasteiger partial charge in [-0.3, -0.25) is 4.98 Å². The number of piperidine rings is 1. The molecule has 0 aromatic carbocycles. The number of aromatic amines is 1. The van der Waals surface area contributed by atoms with Crippen molar-refractivity contribution in [3.63, 3.8) is 0 Å². The minimum absolute atomic E-state index is 0.0643. The summed E-state index contributed by atoms with van der Waals surface area (Å²) in [5.41, 5.74) is -0.0643. The molecule has 1 aromatic rings. The summed E-state index contributed by atoms with van der Waals surface area (Å²) in [5, 5.41) is 7.63. The van der Waals surface area contributed by atoms with Crippen molar-refractivity contribution in [3.8, 4) is 0 Å². The first-order valence-electron chi connectivity index (χ1n) is 5.58. The van der Waals surface area contributed by atoms with Crippen molar-refractivity contribution in [1.82, 2.24) is 20.1 Å². The maximum Gasteiger partial charge on any atom is 0.343 e. The molecule has 0 radical (unpaired) electrons. The Morgan fingerprint density at radius 3 is 2.60 bits per heavy atom. The van der Waals surface area contributed by atoms with Crippen LogP contribution in [0.4, 0.5) is 0 Å². The molecule has 0 aliphatic carbocycles. The number of hydrogen-bond donors (Lipinski definition) is 2. The van der Waals surface area contributed by atoms with E-state index >= 15 is 0 Å². The van der Waals surface area contributed by atoms with Gasteiger partial charge in [-0.15, -0.1) is 0 Å². The lowest BCUT2D eigenvalue weighted by Crippen LogP contribution is -2.33. The second-order valence-electron chi connectivity index (χ2n) is 4.40. The van der Waals surface area contributed by atoms with Gasteiger partial charge >= 0.3 is 5.69 Å². The molecular weight excluding hydrogens is 192 g/mol. The zero-order valence-corrected chi connectivity index (χ0v) is 9.29. The van der Waals surface area contributed by atoms with E-state index in [0.717, 1.165) is 31.8 Å². The molecule has 0 saturated carbocycles. The van der Waals surface area contributed by atoms with Gasteiger partial charge < -0.3 is 5.32 Å². The molecule has 84 valence electrons. The highest BCUT2D eigenvalue weighted by Gasteiger charge is 2.19. The van der Waals surface area contributed by atoms with Gasteiger partial charge in [0.1, 0.15) is 5.82 Å². The van der Waals surface area contributed by atoms with E-state index in [9.17, 15) is 4.79 Å². The van der Waals surface area contributed by atoms with Crippen LogP contribution >= 0.6 is 0 Å². The predicted octanol–water partition coefficient (Wildman–Crippen LogP) is 0.619. The minimum Gasteiger partial charge on any atom is -0.317 e. The van der Waals surface area contributed by atoms with E-state index in [2.05, 4.69) is 15.4 Å². The van der Waals surface area contributed by atoms with Crippen LogP contribution < -0.4 is 11.0 Å². The summed E-state index contributed by atoms with van der Waals surface area (Å²) in [7, 11) is 0. The number of nitrogens with zero attached hydrogens (tertiary/aromatic N) is 2. The molecule has 5 nitrogen and oxygen atoms in total. The van der Waals surface area contributed by atoms with Crippen LogP contribution in [0, 0.1) is 0 Å². The first-order valence-corrected chi connectivity index (χ1v) is 5.58. The van der Waals surface area contributed by atoms with E-state index in [4.69, 9.17) is 0 Å². The molecule has 0 unspecified atom stereocenters. The van der Waals surface area contributed by atoms with Crippen molar-refractivity contribution in [2.24, 2.45) is 0 Å². The lowest BCUT2D eigenvalue weighted by atomic mass is 10.1. The third kappa shape index (κ3) is 2.12. The van der Waals surface area contributed by atoms with Crippen LogP contribution in [0.5, 0.6) is 0 Å². The number of hydrogen-bond acceptors (Lipinski definition) is 3. The summed E-state index contributed by atoms with van der Waals surface area (Å²) >= 11 is 0. The molecule has 2 rings (SSSR count). The van der Waals surface area contributed by atoms with Gasteiger partial charge in [0.25, 0.3) is 0 Å². The first-order chi connectivity index (χ1) is 7.18. The molecule has 0 atom stereocenters. The summed E-state index contributed by atoms with van der Waals surface area (Å²) in [6.07, 6.45) is 1.98. The zero-order valence-electron chi connectivity index (χ0n) is 9.29. The minimum atomic E-state index is -0.0643. The normalized spacial score (nSPS) is 18.6. The molecule has 0 spiro atoms. The fourth-order valence-corrected chi connectivity index (χ4v) is 1.91. The maximum atomic E-state index is 11.7. The van der Waals surface area contributed by atoms with Crippen molar-refractivity contribution in [3.05, 3.63) is 16.3 Å². The van der Waals surface area contributed by atoms with E-state index in [1.54, 1.807) is 4.68 Å².